The average molecular weight is 360 g/mol. The van der Waals surface area contributed by atoms with Crippen molar-refractivity contribution in [1.82, 2.24) is 5.32 Å². The number of nitrogens with one attached hydrogen (secondary N) is 1. The third kappa shape index (κ3) is 12.6. The lowest BCUT2D eigenvalue weighted by Crippen LogP contribution is -2.28. The van der Waals surface area contributed by atoms with Crippen LogP contribution in [0.2, 0.25) is 0 Å². The second kappa shape index (κ2) is 14.4. The molecule has 1 rings (SSSR count). The summed E-state index contributed by atoms with van der Waals surface area (Å²) in [6.07, 6.45) is 24.2. The van der Waals surface area contributed by atoms with Gasteiger partial charge in [0.15, 0.2) is 5.76 Å². The molecule has 1 aliphatic heterocycles. The van der Waals surface area contributed by atoms with E-state index in [0.29, 0.717) is 0 Å². The smallest absolute Gasteiger partial charge is 0.244 e. The van der Waals surface area contributed by atoms with E-state index >= 15 is 0 Å². The summed E-state index contributed by atoms with van der Waals surface area (Å²) in [5, 5.41) is 2.81. The summed E-state index contributed by atoms with van der Waals surface area (Å²) >= 11 is 0. The summed E-state index contributed by atoms with van der Waals surface area (Å²) in [6, 6.07) is 0.166. The molecule has 26 heavy (non-hydrogen) atoms. The minimum atomic E-state index is -0.0647. The number of allylic oxidation sites excluding steroid dienone is 6. The number of hydrogen-bond donors (Lipinski definition) is 1. The van der Waals surface area contributed by atoms with E-state index in [1.807, 2.05) is 38.2 Å². The number of ether oxygens (including phenoxy) is 1. The molecule has 0 bridgehead atoms. The van der Waals surface area contributed by atoms with Gasteiger partial charge in [0.1, 0.15) is 5.76 Å². The average Bonchev–Trinajstić information content (AvgIpc) is 3.34. The predicted molar refractivity (Wildman–Crippen MR) is 111 cm³/mol. The maximum atomic E-state index is 11.4. The standard InChI is InChI=1S/C23H37NO2/c1-4-5-6-7-8-9-10-11-14-17-21-22(26-21)18-15-12-13-16-19-23(25)24-20(2)3/h12-13,15-16,18-20H,4-11,14,17H2,1-3H3,(H,24,25)/b13-12+,18-15+,19-16+. The molecule has 0 aromatic carbocycles. The highest BCUT2D eigenvalue weighted by molar-refractivity contribution is 5.87. The van der Waals surface area contributed by atoms with E-state index in [-0.39, 0.29) is 11.9 Å². The van der Waals surface area contributed by atoms with E-state index in [4.69, 9.17) is 4.74 Å². The first-order chi connectivity index (χ1) is 12.6. The van der Waals surface area contributed by atoms with E-state index in [9.17, 15) is 4.79 Å². The van der Waals surface area contributed by atoms with Crippen molar-refractivity contribution >= 4 is 5.91 Å². The van der Waals surface area contributed by atoms with Crippen LogP contribution in [0.5, 0.6) is 0 Å². The lowest BCUT2D eigenvalue weighted by atomic mass is 10.1. The van der Waals surface area contributed by atoms with Crippen molar-refractivity contribution in [1.29, 1.82) is 0 Å². The molecule has 0 fully saturated rings. The predicted octanol–water partition coefficient (Wildman–Crippen LogP) is 6.34. The molecule has 0 radical (unpaired) electrons. The van der Waals surface area contributed by atoms with Gasteiger partial charge < -0.3 is 10.1 Å². The minimum absolute atomic E-state index is 0.0647. The van der Waals surface area contributed by atoms with Crippen LogP contribution in [0.25, 0.3) is 0 Å². The third-order valence-corrected chi connectivity index (χ3v) is 4.23. The summed E-state index contributed by atoms with van der Waals surface area (Å²) in [7, 11) is 0. The summed E-state index contributed by atoms with van der Waals surface area (Å²) in [5.74, 6) is 2.09. The van der Waals surface area contributed by atoms with Crippen LogP contribution in [0, 0.1) is 0 Å². The van der Waals surface area contributed by atoms with Crippen molar-refractivity contribution in [2.75, 3.05) is 0 Å². The highest BCUT2D eigenvalue weighted by atomic mass is 16.6. The highest BCUT2D eigenvalue weighted by Crippen LogP contribution is 2.32. The monoisotopic (exact) mass is 359 g/mol. The van der Waals surface area contributed by atoms with Gasteiger partial charge in [-0.2, -0.15) is 0 Å². The van der Waals surface area contributed by atoms with Gasteiger partial charge in [0.25, 0.3) is 0 Å². The Balaban J connectivity index is 2.02. The maximum Gasteiger partial charge on any atom is 0.244 e. The summed E-state index contributed by atoms with van der Waals surface area (Å²) in [5.41, 5.74) is 0. The lowest BCUT2D eigenvalue weighted by molar-refractivity contribution is -0.116. The Bertz CT molecular complexity index is 512. The first kappa shape index (κ1) is 22.3. The van der Waals surface area contributed by atoms with Crippen molar-refractivity contribution in [2.24, 2.45) is 0 Å². The van der Waals surface area contributed by atoms with E-state index in [1.165, 1.54) is 63.9 Å². The van der Waals surface area contributed by atoms with E-state index in [2.05, 4.69) is 12.2 Å². The van der Waals surface area contributed by atoms with Crippen molar-refractivity contribution in [3.8, 4) is 0 Å². The number of carbonyl (C=O) groups excluding carboxylic acids is 1. The van der Waals surface area contributed by atoms with Crippen LogP contribution in [0.4, 0.5) is 0 Å². The zero-order valence-electron chi connectivity index (χ0n) is 16.9. The molecule has 0 saturated carbocycles. The fourth-order valence-electron chi connectivity index (χ4n) is 2.75. The van der Waals surface area contributed by atoms with Gasteiger partial charge >= 0.3 is 0 Å². The quantitative estimate of drug-likeness (QED) is 0.210. The fourth-order valence-corrected chi connectivity index (χ4v) is 2.75. The van der Waals surface area contributed by atoms with E-state index in [0.717, 1.165) is 17.9 Å². The van der Waals surface area contributed by atoms with Crippen LogP contribution < -0.4 is 5.32 Å². The Labute approximate surface area is 160 Å². The summed E-state index contributed by atoms with van der Waals surface area (Å²) < 4.78 is 5.51. The minimum Gasteiger partial charge on any atom is -0.454 e. The topological polar surface area (TPSA) is 41.6 Å². The molecule has 146 valence electrons. The Morgan fingerprint density at radius 1 is 0.923 bits per heavy atom. The van der Waals surface area contributed by atoms with Gasteiger partial charge in [0.2, 0.25) is 5.91 Å². The van der Waals surface area contributed by atoms with Crippen LogP contribution in [0.3, 0.4) is 0 Å². The maximum absolute atomic E-state index is 11.4. The fraction of sp³-hybridized carbons (Fsp3) is 0.609. The molecule has 0 saturated heterocycles. The molecule has 0 aliphatic carbocycles. The SMILES string of the molecule is CCCCCCCCCCCC1=C(/C=C/C=C/C=C/C(=O)NC(C)C)O1. The summed E-state index contributed by atoms with van der Waals surface area (Å²) in [4.78, 5) is 11.4. The molecule has 0 spiro atoms. The number of hydrogen-bond acceptors (Lipinski definition) is 2. The van der Waals surface area contributed by atoms with Crippen LogP contribution >= 0.6 is 0 Å². The number of amides is 1. The molecular weight excluding hydrogens is 322 g/mol. The van der Waals surface area contributed by atoms with Gasteiger partial charge in [-0.1, -0.05) is 82.6 Å². The van der Waals surface area contributed by atoms with Crippen LogP contribution in [-0.4, -0.2) is 11.9 Å². The van der Waals surface area contributed by atoms with Crippen LogP contribution in [0.1, 0.15) is 85.0 Å². The summed E-state index contributed by atoms with van der Waals surface area (Å²) in [6.45, 7) is 6.15. The Morgan fingerprint density at radius 2 is 1.54 bits per heavy atom. The number of unbranched alkanes of at least 4 members (excludes halogenated alkanes) is 8. The molecule has 3 heteroatoms. The third-order valence-electron chi connectivity index (χ3n) is 4.23. The van der Waals surface area contributed by atoms with E-state index < -0.39 is 0 Å². The van der Waals surface area contributed by atoms with Crippen LogP contribution in [-0.2, 0) is 9.53 Å². The normalized spacial score (nSPS) is 14.2. The molecule has 0 atom stereocenters. The molecule has 0 aromatic heterocycles. The molecule has 1 heterocycles. The molecule has 1 aliphatic rings. The van der Waals surface area contributed by atoms with Crippen LogP contribution in [0.15, 0.2) is 48.0 Å². The van der Waals surface area contributed by atoms with Gasteiger partial charge in [-0.15, -0.1) is 0 Å². The molecule has 0 aromatic rings. The molecule has 3 nitrogen and oxygen atoms in total. The lowest BCUT2D eigenvalue weighted by Gasteiger charge is -2.03. The number of rotatable bonds is 15. The largest absolute Gasteiger partial charge is 0.454 e. The molecule has 0 unspecified atom stereocenters. The van der Waals surface area contributed by atoms with Crippen molar-refractivity contribution in [3.05, 3.63) is 48.0 Å². The van der Waals surface area contributed by atoms with Gasteiger partial charge in [-0.25, -0.2) is 0 Å². The molecule has 1 amide bonds. The number of carbonyl (C=O) groups is 1. The van der Waals surface area contributed by atoms with Gasteiger partial charge in [-0.3, -0.25) is 4.79 Å². The zero-order valence-corrected chi connectivity index (χ0v) is 16.9. The Hall–Kier alpha value is -1.77. The first-order valence-corrected chi connectivity index (χ1v) is 10.4. The highest BCUT2D eigenvalue weighted by Gasteiger charge is 2.20. The first-order valence-electron chi connectivity index (χ1n) is 10.4. The molecule has 1 N–H and O–H groups in total. The Kier molecular flexibility index (Phi) is 12.3. The Morgan fingerprint density at radius 3 is 2.19 bits per heavy atom. The van der Waals surface area contributed by atoms with Crippen molar-refractivity contribution < 1.29 is 9.53 Å². The van der Waals surface area contributed by atoms with E-state index in [1.54, 1.807) is 6.08 Å². The van der Waals surface area contributed by atoms with Gasteiger partial charge in [0, 0.05) is 18.5 Å². The zero-order chi connectivity index (χ0) is 19.0. The van der Waals surface area contributed by atoms with Crippen molar-refractivity contribution in [2.45, 2.75) is 91.0 Å². The van der Waals surface area contributed by atoms with Gasteiger partial charge in [-0.05, 0) is 26.3 Å². The second-order valence-corrected chi connectivity index (χ2v) is 7.23. The molecular formula is C23H37NO2. The van der Waals surface area contributed by atoms with Gasteiger partial charge in [0.05, 0.1) is 0 Å². The van der Waals surface area contributed by atoms with Crippen molar-refractivity contribution in [3.63, 3.8) is 0 Å². The second-order valence-electron chi connectivity index (χ2n) is 7.23.